The molecule has 0 atom stereocenters. The van der Waals surface area contributed by atoms with Gasteiger partial charge in [0.2, 0.25) is 0 Å². The molecule has 23 heavy (non-hydrogen) atoms. The number of carbonyl (C=O) groups is 1. The molecule has 124 valence electrons. The standard InChI is InChI=1S/C17H21NO5/c1-18(17(19)15-8-7-14(23-15)11-20-2)10-12-5-6-13(21-3)9-16(12)22-4/h5-9H,10-11H2,1-4H3. The minimum absolute atomic E-state index is 0.203. The molecular formula is C17H21NO5. The molecule has 2 rings (SSSR count). The summed E-state index contributed by atoms with van der Waals surface area (Å²) >= 11 is 0. The highest BCUT2D eigenvalue weighted by molar-refractivity contribution is 5.91. The topological polar surface area (TPSA) is 61.1 Å². The lowest BCUT2D eigenvalue weighted by atomic mass is 10.1. The maximum Gasteiger partial charge on any atom is 0.289 e. The molecule has 1 heterocycles. The number of furan rings is 1. The van der Waals surface area contributed by atoms with Gasteiger partial charge in [-0.05, 0) is 24.3 Å². The highest BCUT2D eigenvalue weighted by Gasteiger charge is 2.18. The second-order valence-corrected chi connectivity index (χ2v) is 5.04. The highest BCUT2D eigenvalue weighted by Crippen LogP contribution is 2.26. The summed E-state index contributed by atoms with van der Waals surface area (Å²) in [5.74, 6) is 2.07. The molecule has 0 radical (unpaired) electrons. The third-order valence-electron chi connectivity index (χ3n) is 3.41. The van der Waals surface area contributed by atoms with Crippen LogP contribution in [0.2, 0.25) is 0 Å². The largest absolute Gasteiger partial charge is 0.497 e. The molecule has 0 saturated heterocycles. The van der Waals surface area contributed by atoms with E-state index in [2.05, 4.69) is 0 Å². The lowest BCUT2D eigenvalue weighted by Crippen LogP contribution is -2.26. The summed E-state index contributed by atoms with van der Waals surface area (Å²) in [7, 11) is 6.47. The number of methoxy groups -OCH3 is 3. The van der Waals surface area contributed by atoms with Crippen molar-refractivity contribution in [3.63, 3.8) is 0 Å². The fourth-order valence-electron chi connectivity index (χ4n) is 2.21. The van der Waals surface area contributed by atoms with Gasteiger partial charge in [-0.3, -0.25) is 4.79 Å². The molecule has 6 heteroatoms. The zero-order valence-electron chi connectivity index (χ0n) is 13.8. The van der Waals surface area contributed by atoms with Gasteiger partial charge in [-0.25, -0.2) is 0 Å². The van der Waals surface area contributed by atoms with Crippen LogP contribution in [-0.2, 0) is 17.9 Å². The van der Waals surface area contributed by atoms with Crippen molar-refractivity contribution >= 4 is 5.91 Å². The average molecular weight is 319 g/mol. The molecule has 0 saturated carbocycles. The number of amides is 1. The summed E-state index contributed by atoms with van der Waals surface area (Å²) in [5, 5.41) is 0. The molecule has 6 nitrogen and oxygen atoms in total. The van der Waals surface area contributed by atoms with Crippen LogP contribution in [0.5, 0.6) is 11.5 Å². The molecule has 0 aliphatic rings. The van der Waals surface area contributed by atoms with E-state index < -0.39 is 0 Å². The van der Waals surface area contributed by atoms with E-state index in [9.17, 15) is 4.79 Å². The lowest BCUT2D eigenvalue weighted by molar-refractivity contribution is 0.0744. The van der Waals surface area contributed by atoms with Crippen molar-refractivity contribution in [3.05, 3.63) is 47.4 Å². The monoisotopic (exact) mass is 319 g/mol. The summed E-state index contributed by atoms with van der Waals surface area (Å²) in [6, 6.07) is 8.88. The Morgan fingerprint density at radius 3 is 2.57 bits per heavy atom. The Kier molecular flexibility index (Phi) is 5.65. The van der Waals surface area contributed by atoms with Crippen molar-refractivity contribution in [1.82, 2.24) is 4.90 Å². The number of carbonyl (C=O) groups excluding carboxylic acids is 1. The van der Waals surface area contributed by atoms with Crippen molar-refractivity contribution < 1.29 is 23.4 Å². The van der Waals surface area contributed by atoms with Crippen molar-refractivity contribution in [3.8, 4) is 11.5 Å². The molecule has 2 aromatic rings. The molecule has 0 unspecified atom stereocenters. The predicted octanol–water partition coefficient (Wildman–Crippen LogP) is 2.72. The smallest absolute Gasteiger partial charge is 0.289 e. The first-order valence-electron chi connectivity index (χ1n) is 7.13. The second-order valence-electron chi connectivity index (χ2n) is 5.04. The van der Waals surface area contributed by atoms with E-state index in [1.807, 2.05) is 12.1 Å². The lowest BCUT2D eigenvalue weighted by Gasteiger charge is -2.18. The van der Waals surface area contributed by atoms with E-state index in [0.29, 0.717) is 30.4 Å². The molecule has 1 aromatic carbocycles. The zero-order chi connectivity index (χ0) is 16.8. The maximum absolute atomic E-state index is 12.4. The Balaban J connectivity index is 2.11. The molecule has 1 aromatic heterocycles. The Hall–Kier alpha value is -2.47. The second kappa shape index (κ2) is 7.69. The maximum atomic E-state index is 12.4. The van der Waals surface area contributed by atoms with Crippen LogP contribution in [0.25, 0.3) is 0 Å². The van der Waals surface area contributed by atoms with Gasteiger partial charge in [0.05, 0.1) is 14.2 Å². The van der Waals surface area contributed by atoms with Gasteiger partial charge in [-0.2, -0.15) is 0 Å². The van der Waals surface area contributed by atoms with E-state index in [4.69, 9.17) is 18.6 Å². The average Bonchev–Trinajstić information content (AvgIpc) is 3.03. The third-order valence-corrected chi connectivity index (χ3v) is 3.41. The summed E-state index contributed by atoms with van der Waals surface area (Å²) in [6.45, 7) is 0.732. The van der Waals surface area contributed by atoms with Gasteiger partial charge in [0.15, 0.2) is 5.76 Å². The number of rotatable bonds is 7. The summed E-state index contributed by atoms with van der Waals surface area (Å²) < 4.78 is 21.0. The normalized spacial score (nSPS) is 10.4. The molecule has 0 spiro atoms. The number of ether oxygens (including phenoxy) is 3. The quantitative estimate of drug-likeness (QED) is 0.785. The van der Waals surface area contributed by atoms with Crippen LogP contribution in [0.4, 0.5) is 0 Å². The van der Waals surface area contributed by atoms with E-state index in [0.717, 1.165) is 5.56 Å². The van der Waals surface area contributed by atoms with Crippen LogP contribution in [0.3, 0.4) is 0 Å². The number of hydrogen-bond acceptors (Lipinski definition) is 5. The first kappa shape index (κ1) is 16.9. The van der Waals surface area contributed by atoms with Crippen LogP contribution in [0.1, 0.15) is 21.9 Å². The van der Waals surface area contributed by atoms with Crippen molar-refractivity contribution in [2.75, 3.05) is 28.4 Å². The summed E-state index contributed by atoms with van der Waals surface area (Å²) in [5.41, 5.74) is 0.882. The van der Waals surface area contributed by atoms with E-state index in [1.165, 1.54) is 0 Å². The number of nitrogens with zero attached hydrogens (tertiary/aromatic N) is 1. The molecule has 0 bridgehead atoms. The fourth-order valence-corrected chi connectivity index (χ4v) is 2.21. The first-order chi connectivity index (χ1) is 11.1. The Bertz CT molecular complexity index is 665. The third kappa shape index (κ3) is 4.04. The van der Waals surface area contributed by atoms with Gasteiger partial charge in [-0.15, -0.1) is 0 Å². The Labute approximate surface area is 135 Å². The molecule has 0 N–H and O–H groups in total. The van der Waals surface area contributed by atoms with Crippen molar-refractivity contribution in [1.29, 1.82) is 0 Å². The van der Waals surface area contributed by atoms with Crippen LogP contribution in [0, 0.1) is 0 Å². The highest BCUT2D eigenvalue weighted by atomic mass is 16.5. The molecular weight excluding hydrogens is 298 g/mol. The summed E-state index contributed by atoms with van der Waals surface area (Å²) in [6.07, 6.45) is 0. The van der Waals surface area contributed by atoms with Gasteiger partial charge in [0, 0.05) is 32.3 Å². The van der Waals surface area contributed by atoms with E-state index >= 15 is 0 Å². The summed E-state index contributed by atoms with van der Waals surface area (Å²) in [4.78, 5) is 14.0. The zero-order valence-corrected chi connectivity index (χ0v) is 13.8. The van der Waals surface area contributed by atoms with Gasteiger partial charge in [0.25, 0.3) is 5.91 Å². The van der Waals surface area contributed by atoms with Gasteiger partial charge in [-0.1, -0.05) is 0 Å². The van der Waals surface area contributed by atoms with Crippen LogP contribution in [0.15, 0.2) is 34.7 Å². The number of hydrogen-bond donors (Lipinski definition) is 0. The Morgan fingerprint density at radius 1 is 1.13 bits per heavy atom. The van der Waals surface area contributed by atoms with E-state index in [-0.39, 0.29) is 11.7 Å². The molecule has 0 aliphatic heterocycles. The molecule has 0 fully saturated rings. The number of benzene rings is 1. The SMILES string of the molecule is COCc1ccc(C(=O)N(C)Cc2ccc(OC)cc2OC)o1. The fraction of sp³-hybridized carbons (Fsp3) is 0.353. The predicted molar refractivity (Wildman–Crippen MR) is 84.8 cm³/mol. The molecule has 0 aliphatic carbocycles. The van der Waals surface area contributed by atoms with Gasteiger partial charge >= 0.3 is 0 Å². The van der Waals surface area contributed by atoms with Crippen LogP contribution >= 0.6 is 0 Å². The minimum Gasteiger partial charge on any atom is -0.497 e. The van der Waals surface area contributed by atoms with Gasteiger partial charge < -0.3 is 23.5 Å². The first-order valence-corrected chi connectivity index (χ1v) is 7.13. The van der Waals surface area contributed by atoms with Gasteiger partial charge in [0.1, 0.15) is 23.9 Å². The minimum atomic E-state index is -0.203. The van der Waals surface area contributed by atoms with Crippen LogP contribution < -0.4 is 9.47 Å². The van der Waals surface area contributed by atoms with Crippen molar-refractivity contribution in [2.45, 2.75) is 13.2 Å². The van der Waals surface area contributed by atoms with Crippen molar-refractivity contribution in [2.24, 2.45) is 0 Å². The van der Waals surface area contributed by atoms with Crippen LogP contribution in [-0.4, -0.2) is 39.2 Å². The Morgan fingerprint density at radius 2 is 1.91 bits per heavy atom. The van der Waals surface area contributed by atoms with E-state index in [1.54, 1.807) is 51.5 Å². The molecule has 1 amide bonds.